The summed E-state index contributed by atoms with van der Waals surface area (Å²) in [7, 11) is 0. The predicted octanol–water partition coefficient (Wildman–Crippen LogP) is 2.88. The number of thiazole rings is 1. The Hall–Kier alpha value is -1.43. The lowest BCUT2D eigenvalue weighted by Gasteiger charge is -2.35. The van der Waals surface area contributed by atoms with E-state index >= 15 is 0 Å². The number of anilines is 1. The maximum absolute atomic E-state index is 5.91. The van der Waals surface area contributed by atoms with Crippen molar-refractivity contribution >= 4 is 16.5 Å². The van der Waals surface area contributed by atoms with E-state index in [1.54, 1.807) is 11.3 Å². The molecule has 1 aliphatic rings. The summed E-state index contributed by atoms with van der Waals surface area (Å²) in [6.07, 6.45) is 0.471. The van der Waals surface area contributed by atoms with Crippen LogP contribution >= 0.6 is 11.3 Å². The highest BCUT2D eigenvalue weighted by Crippen LogP contribution is 2.34. The van der Waals surface area contributed by atoms with Crippen LogP contribution in [0.4, 0.5) is 5.13 Å². The molecule has 2 aromatic rings. The van der Waals surface area contributed by atoms with Crippen molar-refractivity contribution in [2.75, 3.05) is 18.0 Å². The summed E-state index contributed by atoms with van der Waals surface area (Å²) in [6.45, 7) is 6.51. The van der Waals surface area contributed by atoms with Crippen LogP contribution in [0, 0.1) is 0 Å². The number of nitrogens with zero attached hydrogens (tertiary/aromatic N) is 2. The van der Waals surface area contributed by atoms with Crippen molar-refractivity contribution in [3.8, 4) is 11.3 Å². The molecule has 0 spiro atoms. The van der Waals surface area contributed by atoms with Crippen LogP contribution in [0.5, 0.6) is 0 Å². The van der Waals surface area contributed by atoms with Crippen molar-refractivity contribution in [2.24, 2.45) is 5.73 Å². The predicted molar refractivity (Wildman–Crippen MR) is 87.7 cm³/mol. The molecule has 4 nitrogen and oxygen atoms in total. The topological polar surface area (TPSA) is 51.4 Å². The van der Waals surface area contributed by atoms with Crippen molar-refractivity contribution in [3.63, 3.8) is 0 Å². The molecule has 2 atom stereocenters. The number of hydrogen-bond acceptors (Lipinski definition) is 5. The van der Waals surface area contributed by atoms with Gasteiger partial charge < -0.3 is 15.4 Å². The molecule has 2 N–H and O–H groups in total. The number of hydrogen-bond donors (Lipinski definition) is 1. The van der Waals surface area contributed by atoms with Crippen LogP contribution in [0.3, 0.4) is 0 Å². The van der Waals surface area contributed by atoms with E-state index in [4.69, 9.17) is 15.5 Å². The standard InChI is InChI=1S/C16H21N3OS/c1-11-9-19(10-12(2)20-11)16-18-15(14(8-17)21-16)13-6-4-3-5-7-13/h3-7,11-12H,8-10,17H2,1-2H3. The van der Waals surface area contributed by atoms with Crippen LogP contribution < -0.4 is 10.6 Å². The average molecular weight is 303 g/mol. The lowest BCUT2D eigenvalue weighted by Crippen LogP contribution is -2.45. The van der Waals surface area contributed by atoms with Crippen molar-refractivity contribution in [2.45, 2.75) is 32.6 Å². The van der Waals surface area contributed by atoms with Crippen molar-refractivity contribution in [1.29, 1.82) is 0 Å². The summed E-state index contributed by atoms with van der Waals surface area (Å²) in [5.41, 5.74) is 8.07. The molecule has 1 fully saturated rings. The summed E-state index contributed by atoms with van der Waals surface area (Å²) in [5, 5.41) is 1.05. The Morgan fingerprint density at radius 1 is 1.24 bits per heavy atom. The van der Waals surface area contributed by atoms with Crippen LogP contribution in [-0.2, 0) is 11.3 Å². The third kappa shape index (κ3) is 3.10. The van der Waals surface area contributed by atoms with Crippen LogP contribution in [0.1, 0.15) is 18.7 Å². The van der Waals surface area contributed by atoms with Gasteiger partial charge in [-0.25, -0.2) is 4.98 Å². The number of morpholine rings is 1. The van der Waals surface area contributed by atoms with Gasteiger partial charge in [0.15, 0.2) is 5.13 Å². The molecule has 5 heteroatoms. The molecule has 112 valence electrons. The maximum atomic E-state index is 5.91. The molecule has 0 bridgehead atoms. The summed E-state index contributed by atoms with van der Waals surface area (Å²) in [4.78, 5) is 8.31. The Morgan fingerprint density at radius 3 is 2.52 bits per heavy atom. The third-order valence-electron chi connectivity index (χ3n) is 3.61. The first kappa shape index (κ1) is 14.5. The van der Waals surface area contributed by atoms with Crippen LogP contribution in [0.2, 0.25) is 0 Å². The molecule has 3 rings (SSSR count). The molecule has 2 heterocycles. The number of benzene rings is 1. The van der Waals surface area contributed by atoms with Crippen molar-refractivity contribution in [1.82, 2.24) is 4.98 Å². The fraction of sp³-hybridized carbons (Fsp3) is 0.438. The number of nitrogens with two attached hydrogens (primary N) is 1. The Labute approximate surface area is 129 Å². The van der Waals surface area contributed by atoms with Gasteiger partial charge >= 0.3 is 0 Å². The molecular formula is C16H21N3OS. The molecule has 1 aromatic carbocycles. The highest BCUT2D eigenvalue weighted by molar-refractivity contribution is 7.16. The lowest BCUT2D eigenvalue weighted by molar-refractivity contribution is -0.00522. The number of ether oxygens (including phenoxy) is 1. The molecule has 21 heavy (non-hydrogen) atoms. The van der Waals surface area contributed by atoms with Gasteiger partial charge in [-0.2, -0.15) is 0 Å². The van der Waals surface area contributed by atoms with Gasteiger partial charge in [0.25, 0.3) is 0 Å². The minimum atomic E-state index is 0.235. The van der Waals surface area contributed by atoms with E-state index in [1.807, 2.05) is 18.2 Å². The highest BCUT2D eigenvalue weighted by Gasteiger charge is 2.25. The molecule has 0 aliphatic carbocycles. The van der Waals surface area contributed by atoms with Crippen LogP contribution in [0.25, 0.3) is 11.3 Å². The SMILES string of the molecule is CC1CN(c2nc(-c3ccccc3)c(CN)s2)CC(C)O1. The Balaban J connectivity index is 1.92. The second-order valence-electron chi connectivity index (χ2n) is 5.50. The minimum absolute atomic E-state index is 0.235. The van der Waals surface area contributed by atoms with Gasteiger partial charge in [0.2, 0.25) is 0 Å². The lowest BCUT2D eigenvalue weighted by atomic mass is 10.1. The van der Waals surface area contributed by atoms with E-state index in [-0.39, 0.29) is 12.2 Å². The van der Waals surface area contributed by atoms with Crippen molar-refractivity contribution < 1.29 is 4.74 Å². The summed E-state index contributed by atoms with van der Waals surface area (Å²) in [5.74, 6) is 0. The highest BCUT2D eigenvalue weighted by atomic mass is 32.1. The zero-order valence-corrected chi connectivity index (χ0v) is 13.3. The van der Waals surface area contributed by atoms with E-state index in [0.29, 0.717) is 6.54 Å². The van der Waals surface area contributed by atoms with Gasteiger partial charge in [-0.1, -0.05) is 41.7 Å². The monoisotopic (exact) mass is 303 g/mol. The molecule has 2 unspecified atom stereocenters. The molecule has 0 radical (unpaired) electrons. The normalized spacial score (nSPS) is 22.5. The quantitative estimate of drug-likeness (QED) is 0.947. The van der Waals surface area contributed by atoms with Gasteiger partial charge in [-0.05, 0) is 13.8 Å². The van der Waals surface area contributed by atoms with Crippen LogP contribution in [-0.4, -0.2) is 30.3 Å². The van der Waals surface area contributed by atoms with Gasteiger partial charge in [-0.3, -0.25) is 0 Å². The molecule has 0 saturated carbocycles. The summed E-state index contributed by atoms with van der Waals surface area (Å²) in [6, 6.07) is 10.3. The second-order valence-corrected chi connectivity index (χ2v) is 6.56. The smallest absolute Gasteiger partial charge is 0.186 e. The van der Waals surface area contributed by atoms with Crippen LogP contribution in [0.15, 0.2) is 30.3 Å². The average Bonchev–Trinajstić information content (AvgIpc) is 2.91. The van der Waals surface area contributed by atoms with Gasteiger partial charge in [0, 0.05) is 30.1 Å². The first-order valence-corrected chi connectivity index (χ1v) is 8.14. The number of rotatable bonds is 3. The summed E-state index contributed by atoms with van der Waals surface area (Å²) >= 11 is 1.70. The first-order valence-electron chi connectivity index (χ1n) is 7.33. The van der Waals surface area contributed by atoms with E-state index in [1.165, 1.54) is 0 Å². The Kier molecular flexibility index (Phi) is 4.24. The third-order valence-corrected chi connectivity index (χ3v) is 4.75. The molecule has 1 saturated heterocycles. The molecule has 1 aromatic heterocycles. The van der Waals surface area contributed by atoms with Gasteiger partial charge in [-0.15, -0.1) is 0 Å². The summed E-state index contributed by atoms with van der Waals surface area (Å²) < 4.78 is 5.80. The maximum Gasteiger partial charge on any atom is 0.186 e. The zero-order valence-electron chi connectivity index (χ0n) is 12.5. The van der Waals surface area contributed by atoms with Gasteiger partial charge in [0.05, 0.1) is 17.9 Å². The minimum Gasteiger partial charge on any atom is -0.372 e. The molecule has 0 amide bonds. The van der Waals surface area contributed by atoms with E-state index < -0.39 is 0 Å². The molecule has 1 aliphatic heterocycles. The zero-order chi connectivity index (χ0) is 14.8. The first-order chi connectivity index (χ1) is 10.2. The Morgan fingerprint density at radius 2 is 1.90 bits per heavy atom. The second kappa shape index (κ2) is 6.13. The Bertz CT molecular complexity index is 589. The van der Waals surface area contributed by atoms with Gasteiger partial charge in [0.1, 0.15) is 0 Å². The molecular weight excluding hydrogens is 282 g/mol. The fourth-order valence-electron chi connectivity index (χ4n) is 2.77. The largest absolute Gasteiger partial charge is 0.372 e. The van der Waals surface area contributed by atoms with Crippen molar-refractivity contribution in [3.05, 3.63) is 35.2 Å². The van der Waals surface area contributed by atoms with E-state index in [2.05, 4.69) is 30.9 Å². The number of aromatic nitrogens is 1. The van der Waals surface area contributed by atoms with E-state index in [0.717, 1.165) is 34.4 Å². The fourth-order valence-corrected chi connectivity index (χ4v) is 3.75. The van der Waals surface area contributed by atoms with E-state index in [9.17, 15) is 0 Å².